The molecule has 1 aromatic heterocycles. The number of rotatable bonds is 8. The number of unbranched alkanes of at least 4 members (excludes halogenated alkanes) is 1. The zero-order chi connectivity index (χ0) is 22.9. The van der Waals surface area contributed by atoms with Crippen LogP contribution in [0, 0.1) is 11.6 Å². The molecule has 34 heavy (non-hydrogen) atoms. The highest BCUT2D eigenvalue weighted by atomic mass is 35.5. The van der Waals surface area contributed by atoms with Crippen LogP contribution in [0.1, 0.15) is 48.0 Å². The standard InChI is InChI=1S/C26H27F2N3O2.ClH/c27-22-8-3-5-17-11-14-30(24(17)22)12-1-2-13-31(18-6-4-7-18)19-15-21-20(26(29)32)9-10-23(28)25(21)33-16-19;/h3,5,8-11,14-15,18H,1-2,4,6-7,12-13,16H2,(H2,29,32);1H. The number of fused-ring (bicyclic) bond motifs is 2. The number of aromatic nitrogens is 1. The fourth-order valence-corrected chi connectivity index (χ4v) is 4.82. The van der Waals surface area contributed by atoms with Crippen molar-refractivity contribution >= 4 is 35.3 Å². The van der Waals surface area contributed by atoms with Crippen LogP contribution < -0.4 is 10.5 Å². The first-order chi connectivity index (χ1) is 16.0. The van der Waals surface area contributed by atoms with E-state index in [0.29, 0.717) is 17.1 Å². The number of aryl methyl sites for hydroxylation is 1. The summed E-state index contributed by atoms with van der Waals surface area (Å²) in [5.41, 5.74) is 7.78. The van der Waals surface area contributed by atoms with E-state index < -0.39 is 11.7 Å². The third-order valence-corrected chi connectivity index (χ3v) is 6.76. The van der Waals surface area contributed by atoms with Crippen LogP contribution in [0.15, 0.2) is 48.3 Å². The third kappa shape index (κ3) is 4.49. The van der Waals surface area contributed by atoms with Crippen molar-refractivity contribution in [3.63, 3.8) is 0 Å². The summed E-state index contributed by atoms with van der Waals surface area (Å²) in [5, 5.41) is 0.909. The van der Waals surface area contributed by atoms with Gasteiger partial charge in [-0.3, -0.25) is 4.79 Å². The fraction of sp³-hybridized carbons (Fsp3) is 0.346. The minimum atomic E-state index is -0.603. The number of carbonyl (C=O) groups is 1. The van der Waals surface area contributed by atoms with Crippen molar-refractivity contribution in [1.82, 2.24) is 9.47 Å². The quantitative estimate of drug-likeness (QED) is 0.426. The van der Waals surface area contributed by atoms with Gasteiger partial charge in [0.2, 0.25) is 5.91 Å². The van der Waals surface area contributed by atoms with Crippen molar-refractivity contribution in [3.8, 4) is 5.75 Å². The molecule has 1 fully saturated rings. The molecule has 2 N–H and O–H groups in total. The number of nitrogens with two attached hydrogens (primary N) is 1. The highest BCUT2D eigenvalue weighted by molar-refractivity contribution is 5.98. The van der Waals surface area contributed by atoms with Gasteiger partial charge in [0.1, 0.15) is 12.4 Å². The molecule has 0 saturated heterocycles. The Labute approximate surface area is 203 Å². The molecule has 0 spiro atoms. The van der Waals surface area contributed by atoms with Gasteiger partial charge in [0.05, 0.1) is 16.8 Å². The summed E-state index contributed by atoms with van der Waals surface area (Å²) in [6, 6.07) is 10.1. The summed E-state index contributed by atoms with van der Waals surface area (Å²) in [7, 11) is 0. The fourth-order valence-electron chi connectivity index (χ4n) is 4.82. The zero-order valence-electron chi connectivity index (χ0n) is 18.8. The topological polar surface area (TPSA) is 60.5 Å². The molecule has 0 atom stereocenters. The molecule has 2 aromatic carbocycles. The van der Waals surface area contributed by atoms with Gasteiger partial charge in [-0.05, 0) is 62.4 Å². The minimum absolute atomic E-state index is 0. The number of ether oxygens (including phenoxy) is 1. The molecule has 5 nitrogen and oxygen atoms in total. The Morgan fingerprint density at radius 2 is 1.94 bits per heavy atom. The number of nitrogens with zero attached hydrogens (tertiary/aromatic N) is 2. The van der Waals surface area contributed by atoms with E-state index in [4.69, 9.17) is 10.5 Å². The number of primary amides is 1. The van der Waals surface area contributed by atoms with Gasteiger partial charge >= 0.3 is 0 Å². The molecule has 1 aliphatic heterocycles. The van der Waals surface area contributed by atoms with Crippen molar-refractivity contribution in [1.29, 1.82) is 0 Å². The van der Waals surface area contributed by atoms with E-state index >= 15 is 0 Å². The van der Waals surface area contributed by atoms with E-state index in [0.717, 1.165) is 49.9 Å². The van der Waals surface area contributed by atoms with Gasteiger partial charge in [0.15, 0.2) is 11.6 Å². The molecule has 0 bridgehead atoms. The second kappa shape index (κ2) is 10.1. The Kier molecular flexibility index (Phi) is 7.12. The second-order valence-electron chi connectivity index (χ2n) is 8.80. The van der Waals surface area contributed by atoms with E-state index in [2.05, 4.69) is 4.90 Å². The summed E-state index contributed by atoms with van der Waals surface area (Å²) in [4.78, 5) is 14.2. The van der Waals surface area contributed by atoms with Crippen LogP contribution in [0.2, 0.25) is 0 Å². The Morgan fingerprint density at radius 1 is 1.12 bits per heavy atom. The Bertz CT molecular complexity index is 1240. The maximum Gasteiger partial charge on any atom is 0.249 e. The van der Waals surface area contributed by atoms with Crippen molar-refractivity contribution < 1.29 is 18.3 Å². The molecule has 1 amide bonds. The Hall–Kier alpha value is -3.06. The molecule has 2 heterocycles. The second-order valence-corrected chi connectivity index (χ2v) is 8.80. The van der Waals surface area contributed by atoms with Crippen LogP contribution in [0.4, 0.5) is 8.78 Å². The maximum atomic E-state index is 14.3. The largest absolute Gasteiger partial charge is 0.484 e. The van der Waals surface area contributed by atoms with Crippen molar-refractivity contribution in [2.24, 2.45) is 5.73 Å². The van der Waals surface area contributed by atoms with E-state index in [1.165, 1.54) is 24.6 Å². The first kappa shape index (κ1) is 24.1. The number of hydrogen-bond acceptors (Lipinski definition) is 3. The van der Waals surface area contributed by atoms with Gasteiger partial charge in [-0.15, -0.1) is 12.4 Å². The number of hydrogen-bond donors (Lipinski definition) is 1. The van der Waals surface area contributed by atoms with Gasteiger partial charge in [0, 0.05) is 36.3 Å². The van der Waals surface area contributed by atoms with Crippen LogP contribution in [0.5, 0.6) is 5.75 Å². The first-order valence-electron chi connectivity index (χ1n) is 11.5. The zero-order valence-corrected chi connectivity index (χ0v) is 19.6. The van der Waals surface area contributed by atoms with Gasteiger partial charge in [0.25, 0.3) is 0 Å². The molecule has 1 saturated carbocycles. The van der Waals surface area contributed by atoms with Crippen LogP contribution in [0.3, 0.4) is 0 Å². The van der Waals surface area contributed by atoms with E-state index in [1.54, 1.807) is 6.07 Å². The SMILES string of the molecule is Cl.NC(=O)c1ccc(F)c2c1C=C(N(CCCCn1ccc3cccc(F)c31)C1CCC1)CO2. The van der Waals surface area contributed by atoms with Gasteiger partial charge in [-0.2, -0.15) is 0 Å². The summed E-state index contributed by atoms with van der Waals surface area (Å²) >= 11 is 0. The summed E-state index contributed by atoms with van der Waals surface area (Å²) in [6.07, 6.45) is 8.99. The maximum absolute atomic E-state index is 14.3. The van der Waals surface area contributed by atoms with Crippen LogP contribution in [0.25, 0.3) is 17.0 Å². The molecule has 0 unspecified atom stereocenters. The van der Waals surface area contributed by atoms with E-state index in [-0.39, 0.29) is 36.1 Å². The smallest absolute Gasteiger partial charge is 0.249 e. The molecule has 3 aromatic rings. The third-order valence-electron chi connectivity index (χ3n) is 6.76. The highest BCUT2D eigenvalue weighted by Crippen LogP contribution is 2.36. The Morgan fingerprint density at radius 3 is 2.68 bits per heavy atom. The molecule has 5 rings (SSSR count). The predicted molar refractivity (Wildman–Crippen MR) is 131 cm³/mol. The number of carbonyl (C=O) groups excluding carboxylic acids is 1. The van der Waals surface area contributed by atoms with E-state index in [9.17, 15) is 13.6 Å². The summed E-state index contributed by atoms with van der Waals surface area (Å²) in [5.74, 6) is -1.21. The average molecular weight is 488 g/mol. The lowest BCUT2D eigenvalue weighted by Crippen LogP contribution is -2.42. The average Bonchev–Trinajstić information content (AvgIpc) is 3.18. The molecule has 0 radical (unpaired) electrons. The lowest BCUT2D eigenvalue weighted by atomic mass is 9.90. The number of para-hydroxylation sites is 1. The first-order valence-corrected chi connectivity index (χ1v) is 11.5. The molecular formula is C26H28ClF2N3O2. The number of halogens is 3. The number of amides is 1. The van der Waals surface area contributed by atoms with Crippen molar-refractivity contribution in [2.75, 3.05) is 13.2 Å². The molecule has 180 valence electrons. The van der Waals surface area contributed by atoms with Crippen LogP contribution >= 0.6 is 12.4 Å². The van der Waals surface area contributed by atoms with Gasteiger partial charge < -0.3 is 19.9 Å². The van der Waals surface area contributed by atoms with Crippen LogP contribution in [-0.4, -0.2) is 34.6 Å². The minimum Gasteiger partial charge on any atom is -0.484 e. The summed E-state index contributed by atoms with van der Waals surface area (Å²) in [6.45, 7) is 1.81. The highest BCUT2D eigenvalue weighted by Gasteiger charge is 2.30. The normalized spacial score (nSPS) is 15.1. The lowest BCUT2D eigenvalue weighted by molar-refractivity contribution is 0.0999. The van der Waals surface area contributed by atoms with Crippen molar-refractivity contribution in [3.05, 3.63) is 71.1 Å². The number of benzene rings is 2. The van der Waals surface area contributed by atoms with Gasteiger partial charge in [-0.1, -0.05) is 12.1 Å². The van der Waals surface area contributed by atoms with Crippen LogP contribution in [-0.2, 0) is 6.54 Å². The monoisotopic (exact) mass is 487 g/mol. The van der Waals surface area contributed by atoms with E-state index in [1.807, 2.05) is 29.0 Å². The molecular weight excluding hydrogens is 460 g/mol. The van der Waals surface area contributed by atoms with Crippen molar-refractivity contribution in [2.45, 2.75) is 44.7 Å². The molecule has 2 aliphatic rings. The summed E-state index contributed by atoms with van der Waals surface area (Å²) < 4.78 is 36.2. The Balaban J connectivity index is 0.00000274. The molecule has 8 heteroatoms. The molecule has 1 aliphatic carbocycles. The van der Waals surface area contributed by atoms with Gasteiger partial charge in [-0.25, -0.2) is 8.78 Å². The predicted octanol–water partition coefficient (Wildman–Crippen LogP) is 5.51. The lowest BCUT2D eigenvalue weighted by Gasteiger charge is -2.41.